The maximum absolute atomic E-state index is 11.6. The minimum atomic E-state index is 0.0828. The van der Waals surface area contributed by atoms with E-state index in [1.807, 2.05) is 4.90 Å². The van der Waals surface area contributed by atoms with E-state index in [1.54, 1.807) is 25.1 Å². The van der Waals surface area contributed by atoms with E-state index in [0.717, 1.165) is 6.54 Å². The average Bonchev–Trinajstić information content (AvgIpc) is 2.32. The fraction of sp³-hybridized carbons (Fsp3) is 0.500. The highest BCUT2D eigenvalue weighted by molar-refractivity contribution is 5.82. The zero-order chi connectivity index (χ0) is 12.4. The normalized spacial score (nSPS) is 16.2. The van der Waals surface area contributed by atoms with E-state index in [2.05, 4.69) is 15.3 Å². The molecule has 17 heavy (non-hydrogen) atoms. The standard InChI is InChI=1S/C10H16N6O/c1-12-7-5-8(14-10(11)13-7)16-4-3-15(2)9(17)6-16/h5H,3-4,6H2,1-2H3,(H3,11,12,13,14). The Morgan fingerprint density at radius 3 is 2.82 bits per heavy atom. The van der Waals surface area contributed by atoms with Crippen LogP contribution in [0.2, 0.25) is 0 Å². The maximum Gasteiger partial charge on any atom is 0.241 e. The Labute approximate surface area is 99.6 Å². The molecule has 92 valence electrons. The highest BCUT2D eigenvalue weighted by Gasteiger charge is 2.22. The van der Waals surface area contributed by atoms with Crippen LogP contribution in [0, 0.1) is 0 Å². The zero-order valence-electron chi connectivity index (χ0n) is 9.97. The Kier molecular flexibility index (Phi) is 2.99. The van der Waals surface area contributed by atoms with E-state index < -0.39 is 0 Å². The lowest BCUT2D eigenvalue weighted by Crippen LogP contribution is -2.48. The molecule has 1 aliphatic heterocycles. The van der Waals surface area contributed by atoms with Crippen molar-refractivity contribution in [3.05, 3.63) is 6.07 Å². The second-order valence-corrected chi connectivity index (χ2v) is 3.96. The molecule has 0 radical (unpaired) electrons. The van der Waals surface area contributed by atoms with Crippen molar-refractivity contribution in [3.63, 3.8) is 0 Å². The summed E-state index contributed by atoms with van der Waals surface area (Å²) in [4.78, 5) is 23.4. The second kappa shape index (κ2) is 4.44. The average molecular weight is 236 g/mol. The molecule has 0 aromatic carbocycles. The van der Waals surface area contributed by atoms with Gasteiger partial charge >= 0.3 is 0 Å². The molecule has 0 atom stereocenters. The highest BCUT2D eigenvalue weighted by Crippen LogP contribution is 2.18. The van der Waals surface area contributed by atoms with Crippen LogP contribution < -0.4 is 16.0 Å². The number of nitrogens with one attached hydrogen (secondary N) is 1. The van der Waals surface area contributed by atoms with Gasteiger partial charge in [0.2, 0.25) is 11.9 Å². The Morgan fingerprint density at radius 1 is 1.41 bits per heavy atom. The smallest absolute Gasteiger partial charge is 0.241 e. The van der Waals surface area contributed by atoms with E-state index in [-0.39, 0.29) is 11.9 Å². The van der Waals surface area contributed by atoms with Gasteiger partial charge in [0.05, 0.1) is 6.54 Å². The Bertz CT molecular complexity index is 435. The summed E-state index contributed by atoms with van der Waals surface area (Å²) in [5.74, 6) is 1.62. The molecule has 1 saturated heterocycles. The molecule has 2 heterocycles. The van der Waals surface area contributed by atoms with Gasteiger partial charge in [-0.2, -0.15) is 9.97 Å². The molecule has 1 fully saturated rings. The molecular formula is C10H16N6O. The number of amides is 1. The number of nitrogen functional groups attached to an aromatic ring is 1. The van der Waals surface area contributed by atoms with Gasteiger partial charge in [-0.1, -0.05) is 0 Å². The van der Waals surface area contributed by atoms with Gasteiger partial charge in [-0.3, -0.25) is 4.79 Å². The van der Waals surface area contributed by atoms with E-state index in [4.69, 9.17) is 5.73 Å². The van der Waals surface area contributed by atoms with E-state index in [9.17, 15) is 4.79 Å². The topological polar surface area (TPSA) is 87.4 Å². The lowest BCUT2D eigenvalue weighted by Gasteiger charge is -2.32. The van der Waals surface area contributed by atoms with Gasteiger partial charge in [-0.15, -0.1) is 0 Å². The summed E-state index contributed by atoms with van der Waals surface area (Å²) in [5.41, 5.74) is 5.62. The van der Waals surface area contributed by atoms with Gasteiger partial charge in [-0.25, -0.2) is 0 Å². The summed E-state index contributed by atoms with van der Waals surface area (Å²) in [6, 6.07) is 1.79. The van der Waals surface area contributed by atoms with Crippen molar-refractivity contribution in [3.8, 4) is 0 Å². The van der Waals surface area contributed by atoms with Crippen molar-refractivity contribution in [1.29, 1.82) is 0 Å². The minimum Gasteiger partial charge on any atom is -0.373 e. The number of anilines is 3. The number of likely N-dealkylation sites (N-methyl/N-ethyl adjacent to an activating group) is 1. The van der Waals surface area contributed by atoms with Gasteiger partial charge in [-0.05, 0) is 0 Å². The summed E-state index contributed by atoms with van der Waals surface area (Å²) >= 11 is 0. The highest BCUT2D eigenvalue weighted by atomic mass is 16.2. The van der Waals surface area contributed by atoms with Crippen LogP contribution in [0.3, 0.4) is 0 Å². The number of hydrogen-bond acceptors (Lipinski definition) is 6. The summed E-state index contributed by atoms with van der Waals surface area (Å²) in [6.07, 6.45) is 0. The van der Waals surface area contributed by atoms with Crippen molar-refractivity contribution in [2.24, 2.45) is 0 Å². The molecule has 0 unspecified atom stereocenters. The van der Waals surface area contributed by atoms with Crippen LogP contribution in [-0.2, 0) is 4.79 Å². The van der Waals surface area contributed by atoms with Crippen molar-refractivity contribution in [1.82, 2.24) is 14.9 Å². The third kappa shape index (κ3) is 2.38. The van der Waals surface area contributed by atoms with Crippen LogP contribution in [0.25, 0.3) is 0 Å². The second-order valence-electron chi connectivity index (χ2n) is 3.96. The number of hydrogen-bond donors (Lipinski definition) is 2. The monoisotopic (exact) mass is 236 g/mol. The Morgan fingerprint density at radius 2 is 2.18 bits per heavy atom. The van der Waals surface area contributed by atoms with Crippen LogP contribution in [0.15, 0.2) is 6.07 Å². The molecule has 7 heteroatoms. The van der Waals surface area contributed by atoms with E-state index in [0.29, 0.717) is 24.7 Å². The number of aromatic nitrogens is 2. The van der Waals surface area contributed by atoms with Crippen molar-refractivity contribution in [2.75, 3.05) is 49.7 Å². The molecule has 0 saturated carbocycles. The number of carbonyl (C=O) groups is 1. The first-order valence-electron chi connectivity index (χ1n) is 5.41. The van der Waals surface area contributed by atoms with Crippen LogP contribution in [-0.4, -0.2) is 54.5 Å². The quantitative estimate of drug-likeness (QED) is 0.711. The first kappa shape index (κ1) is 11.4. The zero-order valence-corrected chi connectivity index (χ0v) is 9.97. The molecule has 1 aromatic rings. The van der Waals surface area contributed by atoms with Crippen LogP contribution in [0.4, 0.5) is 17.6 Å². The van der Waals surface area contributed by atoms with Gasteiger partial charge < -0.3 is 20.9 Å². The third-order valence-electron chi connectivity index (χ3n) is 2.77. The number of rotatable bonds is 2. The lowest BCUT2D eigenvalue weighted by molar-refractivity contribution is -0.129. The number of piperazine rings is 1. The Hall–Kier alpha value is -2.05. The summed E-state index contributed by atoms with van der Waals surface area (Å²) < 4.78 is 0. The largest absolute Gasteiger partial charge is 0.373 e. The molecule has 0 aliphatic carbocycles. The van der Waals surface area contributed by atoms with E-state index >= 15 is 0 Å². The first-order valence-corrected chi connectivity index (χ1v) is 5.41. The van der Waals surface area contributed by atoms with Gasteiger partial charge in [0.1, 0.15) is 11.6 Å². The number of nitrogens with two attached hydrogens (primary N) is 1. The van der Waals surface area contributed by atoms with E-state index in [1.165, 1.54) is 0 Å². The van der Waals surface area contributed by atoms with Crippen molar-refractivity contribution in [2.45, 2.75) is 0 Å². The summed E-state index contributed by atoms with van der Waals surface area (Å²) in [6.45, 7) is 1.77. The van der Waals surface area contributed by atoms with Crippen LogP contribution in [0.5, 0.6) is 0 Å². The van der Waals surface area contributed by atoms with Crippen LogP contribution in [0.1, 0.15) is 0 Å². The van der Waals surface area contributed by atoms with Crippen LogP contribution >= 0.6 is 0 Å². The Balaban J connectivity index is 2.22. The fourth-order valence-corrected chi connectivity index (χ4v) is 1.70. The minimum absolute atomic E-state index is 0.0828. The molecule has 1 amide bonds. The number of nitrogens with zero attached hydrogens (tertiary/aromatic N) is 4. The molecular weight excluding hydrogens is 220 g/mol. The summed E-state index contributed by atoms with van der Waals surface area (Å²) in [7, 11) is 3.56. The third-order valence-corrected chi connectivity index (χ3v) is 2.77. The molecule has 3 N–H and O–H groups in total. The molecule has 0 bridgehead atoms. The molecule has 1 aromatic heterocycles. The van der Waals surface area contributed by atoms with Crippen molar-refractivity contribution >= 4 is 23.5 Å². The van der Waals surface area contributed by atoms with Crippen molar-refractivity contribution < 1.29 is 4.79 Å². The molecule has 1 aliphatic rings. The predicted octanol–water partition coefficient (Wildman–Crippen LogP) is -0.621. The maximum atomic E-state index is 11.6. The molecule has 0 spiro atoms. The predicted molar refractivity (Wildman–Crippen MR) is 65.8 cm³/mol. The lowest BCUT2D eigenvalue weighted by atomic mass is 10.3. The van der Waals surface area contributed by atoms with Gasteiger partial charge in [0, 0.05) is 33.3 Å². The molecule has 7 nitrogen and oxygen atoms in total. The molecule has 2 rings (SSSR count). The fourth-order valence-electron chi connectivity index (χ4n) is 1.70. The SMILES string of the molecule is CNc1cc(N2CCN(C)C(=O)C2)nc(N)n1. The van der Waals surface area contributed by atoms with Gasteiger partial charge in [0.15, 0.2) is 0 Å². The summed E-state index contributed by atoms with van der Waals surface area (Å²) in [5, 5.41) is 2.91. The number of carbonyl (C=O) groups excluding carboxylic acids is 1. The van der Waals surface area contributed by atoms with Gasteiger partial charge in [0.25, 0.3) is 0 Å². The first-order chi connectivity index (χ1) is 8.10.